The molecule has 2 bridgehead atoms. The Hall–Kier alpha value is -3.93. The highest BCUT2D eigenvalue weighted by Crippen LogP contribution is 2.67. The Kier molecular flexibility index (Phi) is 5.70. The summed E-state index contributed by atoms with van der Waals surface area (Å²) in [6.45, 7) is 4.71. The van der Waals surface area contributed by atoms with E-state index in [4.69, 9.17) is 0 Å². The van der Waals surface area contributed by atoms with Crippen LogP contribution in [-0.2, 0) is 5.41 Å². The summed E-state index contributed by atoms with van der Waals surface area (Å²) in [6, 6.07) is 11.9. The molecule has 0 aliphatic heterocycles. The number of nitriles is 1. The van der Waals surface area contributed by atoms with E-state index in [0.29, 0.717) is 0 Å². The van der Waals surface area contributed by atoms with E-state index in [-0.39, 0.29) is 59.3 Å². The zero-order chi connectivity index (χ0) is 25.7. The van der Waals surface area contributed by atoms with E-state index in [0.717, 1.165) is 24.1 Å². The van der Waals surface area contributed by atoms with Crippen LogP contribution in [0.1, 0.15) is 60.8 Å². The molecule has 9 heteroatoms. The topological polar surface area (TPSA) is 103 Å². The number of halogens is 2. The van der Waals surface area contributed by atoms with Gasteiger partial charge in [0, 0.05) is 24.6 Å². The number of carbonyl (C=O) groups excluding carboxylic acids is 1. The number of rotatable bonds is 6. The Bertz CT molecular complexity index is 1440. The Balaban J connectivity index is 1.57. The molecule has 36 heavy (non-hydrogen) atoms. The third-order valence-electron chi connectivity index (χ3n) is 8.08. The molecule has 184 valence electrons. The average Bonchev–Trinajstić information content (AvgIpc) is 3.20. The van der Waals surface area contributed by atoms with Gasteiger partial charge in [0.15, 0.2) is 0 Å². The molecule has 2 atom stereocenters. The SMILES string of the molecule is CC1(C)[C@H]2CC[C@]1(CN(CCC#N)C(=O)c1cccc(=O)[nH]1)c1nnc(-c3c(F)cccc3F)cc12. The lowest BCUT2D eigenvalue weighted by Gasteiger charge is -2.41. The van der Waals surface area contributed by atoms with Gasteiger partial charge < -0.3 is 9.88 Å². The first-order valence-corrected chi connectivity index (χ1v) is 11.9. The van der Waals surface area contributed by atoms with Crippen molar-refractivity contribution in [1.82, 2.24) is 20.1 Å². The minimum atomic E-state index is -0.702. The van der Waals surface area contributed by atoms with E-state index in [1.165, 1.54) is 30.3 Å². The number of fused-ring (bicyclic) bond motifs is 5. The van der Waals surface area contributed by atoms with Crippen LogP contribution >= 0.6 is 0 Å². The summed E-state index contributed by atoms with van der Waals surface area (Å²) >= 11 is 0. The predicted molar refractivity (Wildman–Crippen MR) is 128 cm³/mol. The lowest BCUT2D eigenvalue weighted by molar-refractivity contribution is 0.0638. The van der Waals surface area contributed by atoms with Gasteiger partial charge in [-0.05, 0) is 54.0 Å². The second-order valence-electron chi connectivity index (χ2n) is 10.1. The fraction of sp³-hybridized carbons (Fsp3) is 0.370. The van der Waals surface area contributed by atoms with Crippen LogP contribution in [0.25, 0.3) is 11.3 Å². The van der Waals surface area contributed by atoms with Crippen LogP contribution in [0.15, 0.2) is 47.3 Å². The molecule has 1 aromatic carbocycles. The molecule has 0 spiro atoms. The van der Waals surface area contributed by atoms with E-state index in [9.17, 15) is 23.6 Å². The molecule has 1 N–H and O–H groups in total. The lowest BCUT2D eigenvalue weighted by Crippen LogP contribution is -2.49. The largest absolute Gasteiger partial charge is 0.335 e. The molecule has 7 nitrogen and oxygen atoms in total. The summed E-state index contributed by atoms with van der Waals surface area (Å²) in [5.74, 6) is -1.71. The minimum absolute atomic E-state index is 0.0704. The van der Waals surface area contributed by atoms with Crippen LogP contribution in [0, 0.1) is 28.4 Å². The van der Waals surface area contributed by atoms with Crippen LogP contribution in [0.4, 0.5) is 8.78 Å². The van der Waals surface area contributed by atoms with Crippen molar-refractivity contribution in [2.75, 3.05) is 13.1 Å². The number of nitrogens with zero attached hydrogens (tertiary/aromatic N) is 4. The Morgan fingerprint density at radius 2 is 1.92 bits per heavy atom. The van der Waals surface area contributed by atoms with E-state index in [2.05, 4.69) is 35.1 Å². The van der Waals surface area contributed by atoms with E-state index < -0.39 is 17.0 Å². The maximum absolute atomic E-state index is 14.5. The molecule has 2 heterocycles. The van der Waals surface area contributed by atoms with Gasteiger partial charge in [0.05, 0.1) is 29.4 Å². The number of benzene rings is 1. The fourth-order valence-corrected chi connectivity index (χ4v) is 6.15. The quantitative estimate of drug-likeness (QED) is 0.556. The van der Waals surface area contributed by atoms with Crippen LogP contribution in [0.2, 0.25) is 0 Å². The summed E-state index contributed by atoms with van der Waals surface area (Å²) in [5.41, 5.74) is 0.422. The molecule has 0 radical (unpaired) electrons. The second kappa shape index (κ2) is 8.63. The Labute approximate surface area is 206 Å². The number of hydrogen-bond donors (Lipinski definition) is 1. The smallest absolute Gasteiger partial charge is 0.270 e. The first-order valence-electron chi connectivity index (χ1n) is 11.9. The molecule has 0 saturated heterocycles. The molecule has 2 aromatic heterocycles. The second-order valence-corrected chi connectivity index (χ2v) is 10.1. The summed E-state index contributed by atoms with van der Waals surface area (Å²) in [5, 5.41) is 17.9. The average molecular weight is 490 g/mol. The minimum Gasteiger partial charge on any atom is -0.335 e. The number of aromatic nitrogens is 3. The molecular weight excluding hydrogens is 464 g/mol. The highest BCUT2D eigenvalue weighted by atomic mass is 19.1. The van der Waals surface area contributed by atoms with Gasteiger partial charge in [0.2, 0.25) is 5.56 Å². The van der Waals surface area contributed by atoms with Gasteiger partial charge >= 0.3 is 0 Å². The van der Waals surface area contributed by atoms with Crippen LogP contribution in [0.5, 0.6) is 0 Å². The number of aromatic amines is 1. The summed E-state index contributed by atoms with van der Waals surface area (Å²) in [4.78, 5) is 29.4. The standard InChI is InChI=1S/C27H25F2N5O2/c1-26(2)17-10-11-27(26,15-34(13-5-12-30)25(36)20-8-4-9-22(35)31-20)24-16(17)14-21(32-33-24)23-18(28)6-3-7-19(23)29/h3-4,6-9,14,17H,5,10-11,13,15H2,1-2H3,(H,31,35)/t17-,27-/m0/s1. The highest BCUT2D eigenvalue weighted by Gasteiger charge is 2.64. The summed E-state index contributed by atoms with van der Waals surface area (Å²) < 4.78 is 28.9. The Morgan fingerprint density at radius 3 is 2.61 bits per heavy atom. The van der Waals surface area contributed by atoms with Gasteiger partial charge in [-0.2, -0.15) is 15.5 Å². The van der Waals surface area contributed by atoms with Gasteiger partial charge in [-0.1, -0.05) is 26.0 Å². The van der Waals surface area contributed by atoms with Crippen molar-refractivity contribution in [2.45, 2.75) is 44.4 Å². The third-order valence-corrected chi connectivity index (χ3v) is 8.08. The van der Waals surface area contributed by atoms with Crippen molar-refractivity contribution >= 4 is 5.91 Å². The van der Waals surface area contributed by atoms with Crippen molar-refractivity contribution in [3.63, 3.8) is 0 Å². The number of amides is 1. The number of hydrogen-bond acceptors (Lipinski definition) is 5. The fourth-order valence-electron chi connectivity index (χ4n) is 6.15. The van der Waals surface area contributed by atoms with Gasteiger partial charge in [0.25, 0.3) is 5.91 Å². The molecule has 1 fully saturated rings. The lowest BCUT2D eigenvalue weighted by atomic mass is 9.68. The molecule has 5 rings (SSSR count). The summed E-state index contributed by atoms with van der Waals surface area (Å²) in [6.07, 6.45) is 1.71. The van der Waals surface area contributed by atoms with Crippen LogP contribution in [-0.4, -0.2) is 39.1 Å². The van der Waals surface area contributed by atoms with Gasteiger partial charge in [-0.3, -0.25) is 9.59 Å². The molecule has 1 amide bonds. The molecule has 2 aliphatic rings. The van der Waals surface area contributed by atoms with E-state index >= 15 is 0 Å². The first kappa shape index (κ1) is 23.8. The normalized spacial score (nSPS) is 21.1. The number of carbonyl (C=O) groups is 1. The van der Waals surface area contributed by atoms with Crippen LogP contribution in [0.3, 0.4) is 0 Å². The predicted octanol–water partition coefficient (Wildman–Crippen LogP) is 4.32. The van der Waals surface area contributed by atoms with Crippen molar-refractivity contribution in [2.24, 2.45) is 5.41 Å². The van der Waals surface area contributed by atoms with Gasteiger partial charge in [-0.15, -0.1) is 0 Å². The monoisotopic (exact) mass is 489 g/mol. The van der Waals surface area contributed by atoms with Gasteiger partial charge in [0.1, 0.15) is 17.3 Å². The number of H-pyrrole nitrogens is 1. The van der Waals surface area contributed by atoms with Crippen molar-refractivity contribution < 1.29 is 13.6 Å². The maximum Gasteiger partial charge on any atom is 0.270 e. The zero-order valence-electron chi connectivity index (χ0n) is 20.0. The van der Waals surface area contributed by atoms with E-state index in [1.807, 2.05) is 0 Å². The molecule has 3 aromatic rings. The van der Waals surface area contributed by atoms with Gasteiger partial charge in [-0.25, -0.2) is 8.78 Å². The molecule has 2 aliphatic carbocycles. The van der Waals surface area contributed by atoms with E-state index in [1.54, 1.807) is 17.0 Å². The number of pyridine rings is 1. The number of nitrogens with one attached hydrogen (secondary N) is 1. The zero-order valence-corrected chi connectivity index (χ0v) is 20.0. The molecular formula is C27H25F2N5O2. The third kappa shape index (κ3) is 3.51. The van der Waals surface area contributed by atoms with Crippen molar-refractivity contribution in [3.8, 4) is 17.3 Å². The van der Waals surface area contributed by atoms with Crippen molar-refractivity contribution in [1.29, 1.82) is 5.26 Å². The summed E-state index contributed by atoms with van der Waals surface area (Å²) in [7, 11) is 0. The van der Waals surface area contributed by atoms with Crippen molar-refractivity contribution in [3.05, 3.63) is 81.4 Å². The molecule has 0 unspecified atom stereocenters. The van der Waals surface area contributed by atoms with Crippen LogP contribution < -0.4 is 5.56 Å². The highest BCUT2D eigenvalue weighted by molar-refractivity contribution is 5.92. The Morgan fingerprint density at radius 1 is 1.19 bits per heavy atom. The maximum atomic E-state index is 14.5. The first-order chi connectivity index (χ1) is 17.2. The molecule has 1 saturated carbocycles.